The third kappa shape index (κ3) is 3.66. The Balaban J connectivity index is 1.44. The number of ether oxygens (including phenoxy) is 2. The number of nitrogens with zero attached hydrogens (tertiary/aromatic N) is 5. The van der Waals surface area contributed by atoms with Gasteiger partial charge in [-0.1, -0.05) is 12.1 Å². The second kappa shape index (κ2) is 8.63. The molecule has 0 atom stereocenters. The van der Waals surface area contributed by atoms with E-state index < -0.39 is 0 Å². The van der Waals surface area contributed by atoms with Crippen LogP contribution >= 0.6 is 0 Å². The molecule has 1 aliphatic heterocycles. The number of fused-ring (bicyclic) bond motifs is 2. The van der Waals surface area contributed by atoms with Crippen LogP contribution in [0.1, 0.15) is 5.69 Å². The Labute approximate surface area is 203 Å². The Bertz CT molecular complexity index is 1520. The predicted octanol–water partition coefficient (Wildman–Crippen LogP) is 4.80. The van der Waals surface area contributed by atoms with Crippen LogP contribution in [-0.4, -0.2) is 59.8 Å². The van der Waals surface area contributed by atoms with E-state index in [9.17, 15) is 0 Å². The van der Waals surface area contributed by atoms with Gasteiger partial charge in [0.1, 0.15) is 5.75 Å². The summed E-state index contributed by atoms with van der Waals surface area (Å²) in [5.74, 6) is 1.61. The molecule has 0 amide bonds. The number of benzene rings is 2. The summed E-state index contributed by atoms with van der Waals surface area (Å²) in [6.07, 6.45) is 5.77. The molecule has 1 fully saturated rings. The number of methoxy groups -OCH3 is 1. The molecule has 4 heterocycles. The van der Waals surface area contributed by atoms with Crippen LogP contribution in [0.2, 0.25) is 0 Å². The summed E-state index contributed by atoms with van der Waals surface area (Å²) in [5.41, 5.74) is 6.98. The molecule has 8 heteroatoms. The van der Waals surface area contributed by atoms with Crippen LogP contribution in [0.3, 0.4) is 0 Å². The van der Waals surface area contributed by atoms with Crippen LogP contribution in [0, 0.1) is 6.92 Å². The first-order chi connectivity index (χ1) is 17.1. The van der Waals surface area contributed by atoms with Crippen molar-refractivity contribution in [2.75, 3.05) is 50.3 Å². The number of hydrogen-bond donors (Lipinski definition) is 1. The van der Waals surface area contributed by atoms with Crippen LogP contribution < -0.4 is 14.5 Å². The van der Waals surface area contributed by atoms with E-state index in [0.717, 1.165) is 77.4 Å². The van der Waals surface area contributed by atoms with Gasteiger partial charge >= 0.3 is 0 Å². The van der Waals surface area contributed by atoms with Crippen LogP contribution in [0.25, 0.3) is 27.8 Å². The van der Waals surface area contributed by atoms with Gasteiger partial charge in [-0.2, -0.15) is 0 Å². The molecule has 1 N–H and O–H groups in total. The highest BCUT2D eigenvalue weighted by molar-refractivity contribution is 5.86. The molecule has 3 aromatic heterocycles. The number of nitrogens with one attached hydrogen (secondary N) is 1. The zero-order valence-corrected chi connectivity index (χ0v) is 20.2. The molecule has 0 bridgehead atoms. The van der Waals surface area contributed by atoms with Crippen molar-refractivity contribution in [2.24, 2.45) is 0 Å². The Hall–Kier alpha value is -4.04. The average Bonchev–Trinajstić information content (AvgIpc) is 3.58. The molecule has 1 aliphatic rings. The Morgan fingerprint density at radius 1 is 1.09 bits per heavy atom. The van der Waals surface area contributed by atoms with E-state index in [2.05, 4.69) is 73.6 Å². The van der Waals surface area contributed by atoms with Crippen molar-refractivity contribution >= 4 is 33.7 Å². The van der Waals surface area contributed by atoms with Crippen molar-refractivity contribution in [3.63, 3.8) is 0 Å². The number of aryl methyl sites for hydroxylation is 1. The maximum atomic E-state index is 5.79. The summed E-state index contributed by atoms with van der Waals surface area (Å²) >= 11 is 0. The van der Waals surface area contributed by atoms with Gasteiger partial charge in [-0.15, -0.1) is 0 Å². The fourth-order valence-corrected chi connectivity index (χ4v) is 4.85. The predicted molar refractivity (Wildman–Crippen MR) is 139 cm³/mol. The SMILES string of the molecule is COc1cc(N(C)c2nc(-c3ccc4cc[nH]c4c3)c(C)n3ccnc23)ccc1N1CCOCC1. The molecule has 0 spiro atoms. The highest BCUT2D eigenvalue weighted by atomic mass is 16.5. The lowest BCUT2D eigenvalue weighted by Crippen LogP contribution is -2.36. The summed E-state index contributed by atoms with van der Waals surface area (Å²) in [7, 11) is 3.74. The van der Waals surface area contributed by atoms with E-state index in [-0.39, 0.29) is 0 Å². The summed E-state index contributed by atoms with van der Waals surface area (Å²) in [5, 5.41) is 1.18. The van der Waals surface area contributed by atoms with Gasteiger partial charge in [-0.05, 0) is 36.6 Å². The second-order valence-corrected chi connectivity index (χ2v) is 8.78. The van der Waals surface area contributed by atoms with Gasteiger partial charge in [0.2, 0.25) is 0 Å². The minimum Gasteiger partial charge on any atom is -0.495 e. The first-order valence-corrected chi connectivity index (χ1v) is 11.8. The largest absolute Gasteiger partial charge is 0.495 e. The lowest BCUT2D eigenvalue weighted by molar-refractivity contribution is 0.122. The van der Waals surface area contributed by atoms with Gasteiger partial charge in [-0.3, -0.25) is 4.40 Å². The number of morpholine rings is 1. The molecule has 0 aliphatic carbocycles. The molecule has 178 valence electrons. The molecular weight excluding hydrogens is 440 g/mol. The van der Waals surface area contributed by atoms with Crippen molar-refractivity contribution in [2.45, 2.75) is 6.92 Å². The van der Waals surface area contributed by atoms with Crippen LogP contribution in [-0.2, 0) is 4.74 Å². The topological polar surface area (TPSA) is 70.9 Å². The zero-order valence-electron chi connectivity index (χ0n) is 20.2. The maximum absolute atomic E-state index is 5.79. The van der Waals surface area contributed by atoms with Crippen molar-refractivity contribution < 1.29 is 9.47 Å². The van der Waals surface area contributed by atoms with Gasteiger partial charge in [0.05, 0.1) is 31.7 Å². The summed E-state index contributed by atoms with van der Waals surface area (Å²) in [4.78, 5) is 17.5. The molecule has 0 unspecified atom stereocenters. The molecule has 1 saturated heterocycles. The van der Waals surface area contributed by atoms with Gasteiger partial charge < -0.3 is 24.3 Å². The minimum absolute atomic E-state index is 0.729. The van der Waals surface area contributed by atoms with Crippen molar-refractivity contribution in [3.8, 4) is 17.0 Å². The third-order valence-electron chi connectivity index (χ3n) is 6.81. The number of H-pyrrole nitrogens is 1. The lowest BCUT2D eigenvalue weighted by atomic mass is 10.1. The van der Waals surface area contributed by atoms with Crippen LogP contribution in [0.4, 0.5) is 17.2 Å². The van der Waals surface area contributed by atoms with Gasteiger partial charge in [0.25, 0.3) is 0 Å². The van der Waals surface area contributed by atoms with E-state index in [4.69, 9.17) is 14.5 Å². The fraction of sp³-hybridized carbons (Fsp3) is 0.259. The van der Waals surface area contributed by atoms with Crippen LogP contribution in [0.5, 0.6) is 5.75 Å². The van der Waals surface area contributed by atoms with Crippen molar-refractivity contribution in [1.82, 2.24) is 19.4 Å². The quantitative estimate of drug-likeness (QED) is 0.400. The molecular formula is C27H28N6O2. The van der Waals surface area contributed by atoms with Gasteiger partial charge in [0, 0.05) is 67.3 Å². The molecule has 2 aromatic carbocycles. The van der Waals surface area contributed by atoms with Gasteiger partial charge in [-0.25, -0.2) is 9.97 Å². The zero-order chi connectivity index (χ0) is 23.9. The molecule has 5 aromatic rings. The van der Waals surface area contributed by atoms with Crippen LogP contribution in [0.15, 0.2) is 61.1 Å². The maximum Gasteiger partial charge on any atom is 0.180 e. The monoisotopic (exact) mass is 468 g/mol. The fourth-order valence-electron chi connectivity index (χ4n) is 4.85. The highest BCUT2D eigenvalue weighted by Gasteiger charge is 2.21. The number of anilines is 3. The normalized spacial score (nSPS) is 14.1. The van der Waals surface area contributed by atoms with Crippen molar-refractivity contribution in [3.05, 3.63) is 66.7 Å². The molecule has 6 rings (SSSR count). The number of aromatic nitrogens is 4. The van der Waals surface area contributed by atoms with E-state index in [1.165, 1.54) is 5.39 Å². The van der Waals surface area contributed by atoms with E-state index in [1.54, 1.807) is 7.11 Å². The molecule has 0 radical (unpaired) electrons. The highest BCUT2D eigenvalue weighted by Crippen LogP contribution is 2.37. The lowest BCUT2D eigenvalue weighted by Gasteiger charge is -2.30. The number of aromatic amines is 1. The summed E-state index contributed by atoms with van der Waals surface area (Å²) < 4.78 is 13.4. The Morgan fingerprint density at radius 3 is 2.77 bits per heavy atom. The third-order valence-corrected chi connectivity index (χ3v) is 6.81. The standard InChI is InChI=1S/C27H28N6O2/c1-18-25(20-5-4-19-8-9-28-22(19)16-20)30-27(26-29-10-11-33(18)26)31(2)21-6-7-23(24(17-21)34-3)32-12-14-35-15-13-32/h4-11,16-17,28H,12-15H2,1-3H3. The molecule has 0 saturated carbocycles. The summed E-state index contributed by atoms with van der Waals surface area (Å²) in [6.45, 7) is 5.25. The van der Waals surface area contributed by atoms with E-state index >= 15 is 0 Å². The summed E-state index contributed by atoms with van der Waals surface area (Å²) in [6, 6.07) is 14.8. The Morgan fingerprint density at radius 2 is 1.94 bits per heavy atom. The first kappa shape index (κ1) is 21.5. The minimum atomic E-state index is 0.729. The van der Waals surface area contributed by atoms with Crippen molar-refractivity contribution in [1.29, 1.82) is 0 Å². The first-order valence-electron chi connectivity index (χ1n) is 11.8. The number of imidazole rings is 1. The second-order valence-electron chi connectivity index (χ2n) is 8.78. The van der Waals surface area contributed by atoms with Gasteiger partial charge in [0.15, 0.2) is 11.5 Å². The average molecular weight is 469 g/mol. The smallest absolute Gasteiger partial charge is 0.180 e. The van der Waals surface area contributed by atoms with E-state index in [0.29, 0.717) is 0 Å². The van der Waals surface area contributed by atoms with E-state index in [1.807, 2.05) is 25.6 Å². The Kier molecular flexibility index (Phi) is 5.30. The number of hydrogen-bond acceptors (Lipinski definition) is 6. The number of rotatable bonds is 5. The molecule has 35 heavy (non-hydrogen) atoms. The molecule has 8 nitrogen and oxygen atoms in total.